The summed E-state index contributed by atoms with van der Waals surface area (Å²) in [6.45, 7) is 4.12. The molecule has 0 saturated heterocycles. The third kappa shape index (κ3) is 2.62. The summed E-state index contributed by atoms with van der Waals surface area (Å²) in [4.78, 5) is 17.4. The molecule has 0 radical (unpaired) electrons. The SMILES string of the molecule is CCOC(=O)Nc1c(-c2cccs2)nc2cc(C)ccn12. The zero-order valence-corrected chi connectivity index (χ0v) is 12.6. The van der Waals surface area contributed by atoms with E-state index in [1.165, 1.54) is 0 Å². The van der Waals surface area contributed by atoms with Gasteiger partial charge in [-0.1, -0.05) is 6.07 Å². The molecule has 0 aromatic carbocycles. The van der Waals surface area contributed by atoms with Crippen molar-refractivity contribution >= 4 is 28.9 Å². The Hall–Kier alpha value is -2.34. The summed E-state index contributed by atoms with van der Waals surface area (Å²) < 4.78 is 6.83. The molecule has 0 unspecified atom stereocenters. The molecule has 0 aliphatic rings. The second-order valence-electron chi connectivity index (χ2n) is 4.56. The minimum Gasteiger partial charge on any atom is -0.450 e. The molecule has 21 heavy (non-hydrogen) atoms. The van der Waals surface area contributed by atoms with Crippen molar-refractivity contribution in [2.75, 3.05) is 11.9 Å². The molecule has 0 aliphatic carbocycles. The molecule has 0 spiro atoms. The zero-order chi connectivity index (χ0) is 14.8. The summed E-state index contributed by atoms with van der Waals surface area (Å²) in [6.07, 6.45) is 1.42. The Morgan fingerprint density at radius 1 is 1.48 bits per heavy atom. The number of carbonyl (C=O) groups is 1. The Labute approximate surface area is 126 Å². The zero-order valence-electron chi connectivity index (χ0n) is 11.8. The number of aryl methyl sites for hydroxylation is 1. The van der Waals surface area contributed by atoms with Crippen molar-refractivity contribution < 1.29 is 9.53 Å². The van der Waals surface area contributed by atoms with Crippen LogP contribution in [-0.4, -0.2) is 22.1 Å². The van der Waals surface area contributed by atoms with Gasteiger partial charge in [-0.25, -0.2) is 9.78 Å². The number of nitrogens with zero attached hydrogens (tertiary/aromatic N) is 2. The summed E-state index contributed by atoms with van der Waals surface area (Å²) in [7, 11) is 0. The van der Waals surface area contributed by atoms with E-state index in [9.17, 15) is 4.79 Å². The van der Waals surface area contributed by atoms with Crippen molar-refractivity contribution in [1.82, 2.24) is 9.38 Å². The van der Waals surface area contributed by atoms with Gasteiger partial charge in [0.25, 0.3) is 0 Å². The van der Waals surface area contributed by atoms with Gasteiger partial charge >= 0.3 is 6.09 Å². The first-order valence-electron chi connectivity index (χ1n) is 6.65. The normalized spacial score (nSPS) is 10.8. The highest BCUT2D eigenvalue weighted by atomic mass is 32.1. The number of aromatic nitrogens is 2. The molecular weight excluding hydrogens is 286 g/mol. The van der Waals surface area contributed by atoms with Crippen LogP contribution in [0.15, 0.2) is 35.8 Å². The molecule has 0 saturated carbocycles. The fourth-order valence-electron chi connectivity index (χ4n) is 2.11. The molecule has 6 heteroatoms. The van der Waals surface area contributed by atoms with E-state index >= 15 is 0 Å². The molecule has 5 nitrogen and oxygen atoms in total. The molecule has 108 valence electrons. The predicted molar refractivity (Wildman–Crippen MR) is 83.9 cm³/mol. The summed E-state index contributed by atoms with van der Waals surface area (Å²) in [6, 6.07) is 7.90. The number of thiophene rings is 1. The lowest BCUT2D eigenvalue weighted by molar-refractivity contribution is 0.168. The van der Waals surface area contributed by atoms with Gasteiger partial charge in [0, 0.05) is 6.20 Å². The number of anilines is 1. The maximum Gasteiger partial charge on any atom is 0.412 e. The molecule has 0 aliphatic heterocycles. The first-order chi connectivity index (χ1) is 10.2. The van der Waals surface area contributed by atoms with Gasteiger partial charge in [-0.05, 0) is 43.0 Å². The van der Waals surface area contributed by atoms with E-state index in [1.54, 1.807) is 18.3 Å². The van der Waals surface area contributed by atoms with Gasteiger partial charge in [-0.2, -0.15) is 0 Å². The van der Waals surface area contributed by atoms with E-state index in [0.717, 1.165) is 21.8 Å². The van der Waals surface area contributed by atoms with E-state index in [-0.39, 0.29) is 0 Å². The first-order valence-corrected chi connectivity index (χ1v) is 7.53. The van der Waals surface area contributed by atoms with Crippen LogP contribution in [0.3, 0.4) is 0 Å². The topological polar surface area (TPSA) is 55.6 Å². The molecule has 3 heterocycles. The van der Waals surface area contributed by atoms with Crippen LogP contribution in [0.1, 0.15) is 12.5 Å². The van der Waals surface area contributed by atoms with Crippen LogP contribution in [-0.2, 0) is 4.74 Å². The third-order valence-corrected chi connectivity index (χ3v) is 3.91. The first kappa shape index (κ1) is 13.6. The number of pyridine rings is 1. The third-order valence-electron chi connectivity index (χ3n) is 3.03. The quantitative estimate of drug-likeness (QED) is 0.797. The Balaban J connectivity index is 2.13. The summed E-state index contributed by atoms with van der Waals surface area (Å²) in [5.41, 5.74) is 2.67. The number of rotatable bonds is 3. The minimum atomic E-state index is -0.474. The second-order valence-corrected chi connectivity index (χ2v) is 5.51. The van der Waals surface area contributed by atoms with Gasteiger partial charge < -0.3 is 4.74 Å². The maximum absolute atomic E-state index is 11.8. The Morgan fingerprint density at radius 3 is 3.05 bits per heavy atom. The van der Waals surface area contributed by atoms with E-state index in [0.29, 0.717) is 12.4 Å². The number of carbonyl (C=O) groups excluding carboxylic acids is 1. The van der Waals surface area contributed by atoms with Crippen LogP contribution in [0.5, 0.6) is 0 Å². The van der Waals surface area contributed by atoms with Crippen molar-refractivity contribution in [1.29, 1.82) is 0 Å². The van der Waals surface area contributed by atoms with E-state index < -0.39 is 6.09 Å². The molecule has 0 bridgehead atoms. The number of nitrogens with one attached hydrogen (secondary N) is 1. The lowest BCUT2D eigenvalue weighted by atomic mass is 10.3. The molecule has 0 atom stereocenters. The smallest absolute Gasteiger partial charge is 0.412 e. The van der Waals surface area contributed by atoms with Gasteiger partial charge in [0.1, 0.15) is 17.2 Å². The van der Waals surface area contributed by atoms with Crippen molar-refractivity contribution in [3.63, 3.8) is 0 Å². The van der Waals surface area contributed by atoms with E-state index in [2.05, 4.69) is 10.3 Å². The van der Waals surface area contributed by atoms with Crippen molar-refractivity contribution in [2.45, 2.75) is 13.8 Å². The fourth-order valence-corrected chi connectivity index (χ4v) is 2.83. The van der Waals surface area contributed by atoms with Crippen molar-refractivity contribution in [3.05, 3.63) is 41.4 Å². The van der Waals surface area contributed by atoms with Crippen molar-refractivity contribution in [2.24, 2.45) is 0 Å². The van der Waals surface area contributed by atoms with Crippen molar-refractivity contribution in [3.8, 4) is 10.6 Å². The number of imidazole rings is 1. The van der Waals surface area contributed by atoms with Crippen LogP contribution in [0.2, 0.25) is 0 Å². The summed E-state index contributed by atoms with van der Waals surface area (Å²) in [5.74, 6) is 0.630. The molecule has 0 fully saturated rings. The summed E-state index contributed by atoms with van der Waals surface area (Å²) >= 11 is 1.58. The lowest BCUT2D eigenvalue weighted by Gasteiger charge is -2.06. The Kier molecular flexibility index (Phi) is 3.62. The van der Waals surface area contributed by atoms with Gasteiger partial charge in [0.2, 0.25) is 0 Å². The standard InChI is InChI=1S/C15H15N3O2S/c1-3-20-15(19)17-14-13(11-5-4-8-21-11)16-12-9-10(2)6-7-18(12)14/h4-9H,3H2,1-2H3,(H,17,19). The second kappa shape index (κ2) is 5.57. The molecule has 1 amide bonds. The number of ether oxygens (including phenoxy) is 1. The van der Waals surface area contributed by atoms with Gasteiger partial charge in [-0.3, -0.25) is 9.72 Å². The average Bonchev–Trinajstić information content (AvgIpc) is 3.06. The highest BCUT2D eigenvalue weighted by Crippen LogP contribution is 2.32. The highest BCUT2D eigenvalue weighted by molar-refractivity contribution is 7.13. The molecule has 3 aromatic heterocycles. The van der Waals surface area contributed by atoms with Gasteiger partial charge in [0.05, 0.1) is 11.5 Å². The van der Waals surface area contributed by atoms with Crippen LogP contribution in [0, 0.1) is 6.92 Å². The Morgan fingerprint density at radius 2 is 2.33 bits per heavy atom. The molecule has 3 aromatic rings. The minimum absolute atomic E-state index is 0.329. The van der Waals surface area contributed by atoms with E-state index in [4.69, 9.17) is 4.74 Å². The van der Waals surface area contributed by atoms with Crippen LogP contribution < -0.4 is 5.32 Å². The highest BCUT2D eigenvalue weighted by Gasteiger charge is 2.17. The molecule has 3 rings (SSSR count). The molecule has 1 N–H and O–H groups in total. The summed E-state index contributed by atoms with van der Waals surface area (Å²) in [5, 5.41) is 4.77. The number of amides is 1. The lowest BCUT2D eigenvalue weighted by Crippen LogP contribution is -2.15. The number of hydrogen-bond donors (Lipinski definition) is 1. The van der Waals surface area contributed by atoms with Gasteiger partial charge in [-0.15, -0.1) is 11.3 Å². The van der Waals surface area contributed by atoms with Gasteiger partial charge in [0.15, 0.2) is 0 Å². The predicted octanol–water partition coefficient (Wildman–Crippen LogP) is 3.94. The fraction of sp³-hybridized carbons (Fsp3) is 0.200. The van der Waals surface area contributed by atoms with Crippen LogP contribution in [0.25, 0.3) is 16.2 Å². The Bertz CT molecular complexity index is 778. The average molecular weight is 301 g/mol. The largest absolute Gasteiger partial charge is 0.450 e. The van der Waals surface area contributed by atoms with Crippen LogP contribution >= 0.6 is 11.3 Å². The number of fused-ring (bicyclic) bond motifs is 1. The number of hydrogen-bond acceptors (Lipinski definition) is 4. The van der Waals surface area contributed by atoms with E-state index in [1.807, 2.05) is 47.2 Å². The monoisotopic (exact) mass is 301 g/mol. The van der Waals surface area contributed by atoms with Crippen LogP contribution in [0.4, 0.5) is 10.6 Å². The maximum atomic E-state index is 11.8. The molecular formula is C15H15N3O2S.